The second-order valence-electron chi connectivity index (χ2n) is 7.27. The number of ether oxygens (including phenoxy) is 1. The molecule has 0 aromatic carbocycles. The van der Waals surface area contributed by atoms with Crippen LogP contribution in [0.3, 0.4) is 0 Å². The van der Waals surface area contributed by atoms with Gasteiger partial charge in [0.25, 0.3) is 0 Å². The first-order chi connectivity index (χ1) is 13.7. The highest BCUT2D eigenvalue weighted by molar-refractivity contribution is 14.0. The Hall–Kier alpha value is -1.84. The van der Waals surface area contributed by atoms with Gasteiger partial charge in [0.15, 0.2) is 11.7 Å². The van der Waals surface area contributed by atoms with Gasteiger partial charge in [-0.2, -0.15) is 0 Å². The molecular formula is C21H32IN5O2. The maximum Gasteiger partial charge on any atom is 0.213 e. The maximum absolute atomic E-state index is 5.74. The minimum atomic E-state index is 0. The van der Waals surface area contributed by atoms with Crippen molar-refractivity contribution in [1.82, 2.24) is 20.8 Å². The first kappa shape index (κ1) is 23.4. The van der Waals surface area contributed by atoms with Gasteiger partial charge in [-0.05, 0) is 43.2 Å². The zero-order chi connectivity index (χ0) is 19.8. The lowest BCUT2D eigenvalue weighted by Gasteiger charge is -2.11. The summed E-state index contributed by atoms with van der Waals surface area (Å²) >= 11 is 0. The van der Waals surface area contributed by atoms with Crippen molar-refractivity contribution in [3.63, 3.8) is 0 Å². The van der Waals surface area contributed by atoms with Crippen LogP contribution in [0, 0.1) is 5.92 Å². The molecule has 0 bridgehead atoms. The van der Waals surface area contributed by atoms with Gasteiger partial charge in [0.05, 0.1) is 18.8 Å². The molecule has 3 rings (SSSR count). The van der Waals surface area contributed by atoms with Crippen LogP contribution in [0.25, 0.3) is 0 Å². The average molecular weight is 513 g/mol. The maximum atomic E-state index is 5.74. The van der Waals surface area contributed by atoms with Gasteiger partial charge < -0.3 is 19.9 Å². The standard InChI is InChI=1S/C21H31N5O2.HI/c1-4-17(5-2)19-11-18(28-26-19)13-25-21(22-3)24-12-16-8-9-23-20(10-16)27-14-15-6-7-15;/h8-11,15,17H,4-7,12-14H2,1-3H3,(H2,22,24,25);1H. The van der Waals surface area contributed by atoms with Crippen molar-refractivity contribution in [2.75, 3.05) is 13.7 Å². The number of aliphatic imine (C=N–C) groups is 1. The van der Waals surface area contributed by atoms with Gasteiger partial charge in [0.1, 0.15) is 0 Å². The first-order valence-corrected chi connectivity index (χ1v) is 10.2. The molecule has 2 N–H and O–H groups in total. The molecule has 0 atom stereocenters. The Morgan fingerprint density at radius 3 is 2.69 bits per heavy atom. The Labute approximate surface area is 190 Å². The van der Waals surface area contributed by atoms with Crippen molar-refractivity contribution in [3.05, 3.63) is 41.4 Å². The van der Waals surface area contributed by atoms with E-state index in [1.165, 1.54) is 12.8 Å². The second-order valence-corrected chi connectivity index (χ2v) is 7.27. The van der Waals surface area contributed by atoms with E-state index >= 15 is 0 Å². The predicted molar refractivity (Wildman–Crippen MR) is 125 cm³/mol. The van der Waals surface area contributed by atoms with Crippen LogP contribution in [0.15, 0.2) is 33.9 Å². The van der Waals surface area contributed by atoms with Crippen molar-refractivity contribution in [2.45, 2.75) is 58.5 Å². The Morgan fingerprint density at radius 1 is 1.24 bits per heavy atom. The van der Waals surface area contributed by atoms with Crippen molar-refractivity contribution >= 4 is 29.9 Å². The van der Waals surface area contributed by atoms with Crippen molar-refractivity contribution in [1.29, 1.82) is 0 Å². The molecule has 2 aromatic heterocycles. The molecular weight excluding hydrogens is 481 g/mol. The quantitative estimate of drug-likeness (QED) is 0.281. The predicted octanol–water partition coefficient (Wildman–Crippen LogP) is 4.25. The van der Waals surface area contributed by atoms with Crippen LogP contribution in [0.1, 0.15) is 62.5 Å². The molecule has 1 fully saturated rings. The Morgan fingerprint density at radius 2 is 2.00 bits per heavy atom. The Balaban J connectivity index is 0.00000300. The van der Waals surface area contributed by atoms with E-state index in [0.717, 1.165) is 36.5 Å². The highest BCUT2D eigenvalue weighted by atomic mass is 127. The van der Waals surface area contributed by atoms with Gasteiger partial charge in [-0.15, -0.1) is 24.0 Å². The molecule has 8 heteroatoms. The SMILES string of the molecule is CCC(CC)c1cc(CNC(=NC)NCc2ccnc(OCC3CC3)c2)on1.I. The number of pyridine rings is 1. The highest BCUT2D eigenvalue weighted by Crippen LogP contribution is 2.29. The van der Waals surface area contributed by atoms with Crippen LogP contribution in [-0.2, 0) is 13.1 Å². The molecule has 2 heterocycles. The summed E-state index contributed by atoms with van der Waals surface area (Å²) in [4.78, 5) is 8.55. The summed E-state index contributed by atoms with van der Waals surface area (Å²) in [5.41, 5.74) is 2.12. The molecule has 1 aliphatic rings. The minimum absolute atomic E-state index is 0. The third-order valence-corrected chi connectivity index (χ3v) is 5.06. The van der Waals surface area contributed by atoms with Crippen LogP contribution in [0.4, 0.5) is 0 Å². The zero-order valence-corrected chi connectivity index (χ0v) is 19.8. The minimum Gasteiger partial charge on any atom is -0.477 e. The largest absolute Gasteiger partial charge is 0.477 e. The van der Waals surface area contributed by atoms with E-state index in [4.69, 9.17) is 9.26 Å². The monoisotopic (exact) mass is 513 g/mol. The fourth-order valence-corrected chi connectivity index (χ4v) is 3.02. The topological polar surface area (TPSA) is 84.6 Å². The summed E-state index contributed by atoms with van der Waals surface area (Å²) in [7, 11) is 1.75. The summed E-state index contributed by atoms with van der Waals surface area (Å²) in [5.74, 6) is 3.37. The van der Waals surface area contributed by atoms with Gasteiger partial charge in [-0.25, -0.2) is 4.98 Å². The van der Waals surface area contributed by atoms with Crippen LogP contribution < -0.4 is 15.4 Å². The summed E-state index contributed by atoms with van der Waals surface area (Å²) in [6.45, 7) is 6.29. The second kappa shape index (κ2) is 12.0. The molecule has 2 aromatic rings. The number of hydrogen-bond acceptors (Lipinski definition) is 5. The van der Waals surface area contributed by atoms with Gasteiger partial charge in [-0.3, -0.25) is 4.99 Å². The number of hydrogen-bond donors (Lipinski definition) is 2. The van der Waals surface area contributed by atoms with E-state index in [1.807, 2.05) is 18.2 Å². The molecule has 160 valence electrons. The third kappa shape index (κ3) is 7.49. The van der Waals surface area contributed by atoms with E-state index in [0.29, 0.717) is 36.8 Å². The van der Waals surface area contributed by atoms with E-state index < -0.39 is 0 Å². The lowest BCUT2D eigenvalue weighted by Crippen LogP contribution is -2.36. The summed E-state index contributed by atoms with van der Waals surface area (Å²) in [6.07, 6.45) is 6.46. The number of halogens is 1. The van der Waals surface area contributed by atoms with Crippen molar-refractivity contribution in [3.8, 4) is 5.88 Å². The van der Waals surface area contributed by atoms with Crippen LogP contribution >= 0.6 is 24.0 Å². The normalized spacial score (nSPS) is 13.9. The molecule has 0 unspecified atom stereocenters. The van der Waals surface area contributed by atoms with Crippen molar-refractivity contribution < 1.29 is 9.26 Å². The fourth-order valence-electron chi connectivity index (χ4n) is 3.02. The number of nitrogens with zero attached hydrogens (tertiary/aromatic N) is 3. The molecule has 0 spiro atoms. The Kier molecular flexibility index (Phi) is 9.69. The lowest BCUT2D eigenvalue weighted by atomic mass is 9.99. The molecule has 1 saturated carbocycles. The number of guanidine groups is 1. The van der Waals surface area contributed by atoms with E-state index in [2.05, 4.69) is 39.6 Å². The van der Waals surface area contributed by atoms with Gasteiger partial charge in [0.2, 0.25) is 5.88 Å². The molecule has 0 aliphatic heterocycles. The van der Waals surface area contributed by atoms with Crippen LogP contribution in [0.5, 0.6) is 5.88 Å². The summed E-state index contributed by atoms with van der Waals surface area (Å²) in [5, 5.41) is 10.8. The fraction of sp³-hybridized carbons (Fsp3) is 0.571. The number of nitrogens with one attached hydrogen (secondary N) is 2. The Bertz CT molecular complexity index is 772. The summed E-state index contributed by atoms with van der Waals surface area (Å²) in [6, 6.07) is 5.98. The molecule has 0 saturated heterocycles. The number of rotatable bonds is 10. The molecule has 7 nitrogen and oxygen atoms in total. The number of aromatic nitrogens is 2. The first-order valence-electron chi connectivity index (χ1n) is 10.2. The third-order valence-electron chi connectivity index (χ3n) is 5.06. The van der Waals surface area contributed by atoms with E-state index in [9.17, 15) is 0 Å². The summed E-state index contributed by atoms with van der Waals surface area (Å²) < 4.78 is 11.2. The van der Waals surface area contributed by atoms with Crippen LogP contribution in [0.2, 0.25) is 0 Å². The smallest absolute Gasteiger partial charge is 0.213 e. The molecule has 1 aliphatic carbocycles. The van der Waals surface area contributed by atoms with E-state index in [1.54, 1.807) is 13.2 Å². The highest BCUT2D eigenvalue weighted by Gasteiger charge is 2.22. The van der Waals surface area contributed by atoms with Crippen molar-refractivity contribution in [2.24, 2.45) is 10.9 Å². The lowest BCUT2D eigenvalue weighted by molar-refractivity contribution is 0.288. The molecule has 29 heavy (non-hydrogen) atoms. The van der Waals surface area contributed by atoms with Crippen LogP contribution in [-0.4, -0.2) is 29.8 Å². The zero-order valence-electron chi connectivity index (χ0n) is 17.5. The molecule has 0 amide bonds. The van der Waals surface area contributed by atoms with Gasteiger partial charge >= 0.3 is 0 Å². The molecule has 0 radical (unpaired) electrons. The van der Waals surface area contributed by atoms with Gasteiger partial charge in [0, 0.05) is 37.8 Å². The van der Waals surface area contributed by atoms with E-state index in [-0.39, 0.29) is 24.0 Å². The van der Waals surface area contributed by atoms with Gasteiger partial charge in [-0.1, -0.05) is 19.0 Å². The average Bonchev–Trinajstić information content (AvgIpc) is 3.45.